The first-order valence-electron chi connectivity index (χ1n) is 7.24. The van der Waals surface area contributed by atoms with Crippen molar-refractivity contribution in [3.05, 3.63) is 34.7 Å². The molecule has 3 rings (SSSR count). The number of carbonyl (C=O) groups is 1. The summed E-state index contributed by atoms with van der Waals surface area (Å²) in [6.45, 7) is 0. The van der Waals surface area contributed by atoms with Gasteiger partial charge in [0.1, 0.15) is 4.88 Å². The average molecular weight is 322 g/mol. The van der Waals surface area contributed by atoms with Crippen LogP contribution in [0.2, 0.25) is 0 Å². The summed E-state index contributed by atoms with van der Waals surface area (Å²) in [4.78, 5) is 11.8. The number of rotatable bonds is 5. The second-order valence-electron chi connectivity index (χ2n) is 5.61. The van der Waals surface area contributed by atoms with Crippen molar-refractivity contribution >= 4 is 38.2 Å². The Labute approximate surface area is 130 Å². The molecular formula is C16H18O3S2. The molecule has 0 spiro atoms. The van der Waals surface area contributed by atoms with Crippen molar-refractivity contribution in [3.63, 3.8) is 0 Å². The molecule has 0 aliphatic heterocycles. The van der Waals surface area contributed by atoms with Crippen LogP contribution >= 0.6 is 11.3 Å². The molecule has 0 bridgehead atoms. The first-order valence-corrected chi connectivity index (χ1v) is 9.54. The number of hydrogen-bond donors (Lipinski definition) is 1. The van der Waals surface area contributed by atoms with Crippen molar-refractivity contribution in [2.45, 2.75) is 31.4 Å². The molecule has 0 amide bonds. The van der Waals surface area contributed by atoms with E-state index in [9.17, 15) is 14.1 Å². The topological polar surface area (TPSA) is 54.4 Å². The van der Waals surface area contributed by atoms with Gasteiger partial charge in [-0.1, -0.05) is 31.0 Å². The predicted octanol–water partition coefficient (Wildman–Crippen LogP) is 4.04. The quantitative estimate of drug-likeness (QED) is 0.904. The maximum Gasteiger partial charge on any atom is 0.346 e. The zero-order valence-corrected chi connectivity index (χ0v) is 13.3. The second-order valence-corrected chi connectivity index (χ2v) is 8.17. The first-order chi connectivity index (χ1) is 10.1. The maximum absolute atomic E-state index is 12.4. The van der Waals surface area contributed by atoms with E-state index in [0.29, 0.717) is 22.3 Å². The van der Waals surface area contributed by atoms with Crippen molar-refractivity contribution < 1.29 is 14.1 Å². The molecule has 1 unspecified atom stereocenters. The summed E-state index contributed by atoms with van der Waals surface area (Å²) in [6.07, 6.45) is 4.82. The Morgan fingerprint density at radius 1 is 1.29 bits per heavy atom. The first kappa shape index (κ1) is 14.7. The van der Waals surface area contributed by atoms with Gasteiger partial charge in [-0.05, 0) is 35.8 Å². The minimum Gasteiger partial charge on any atom is -0.477 e. The summed E-state index contributed by atoms with van der Waals surface area (Å²) in [5.41, 5.74) is 0.749. The van der Waals surface area contributed by atoms with E-state index in [2.05, 4.69) is 0 Å². The molecular weight excluding hydrogens is 304 g/mol. The molecule has 112 valence electrons. The highest BCUT2D eigenvalue weighted by molar-refractivity contribution is 7.84. The van der Waals surface area contributed by atoms with E-state index in [1.165, 1.54) is 37.0 Å². The van der Waals surface area contributed by atoms with Gasteiger partial charge < -0.3 is 5.11 Å². The highest BCUT2D eigenvalue weighted by Gasteiger charge is 2.22. The third kappa shape index (κ3) is 3.19. The minimum absolute atomic E-state index is 0.343. The fraction of sp³-hybridized carbons (Fsp3) is 0.438. The lowest BCUT2D eigenvalue weighted by molar-refractivity contribution is 0.0701. The van der Waals surface area contributed by atoms with E-state index in [-0.39, 0.29) is 0 Å². The molecule has 1 saturated carbocycles. The second kappa shape index (κ2) is 6.28. The number of carboxylic acids is 1. The average Bonchev–Trinajstić information content (AvgIpc) is 3.07. The maximum atomic E-state index is 12.4. The lowest BCUT2D eigenvalue weighted by Crippen LogP contribution is -2.10. The summed E-state index contributed by atoms with van der Waals surface area (Å²) >= 11 is 1.28. The normalized spacial score (nSPS) is 17.3. The highest BCUT2D eigenvalue weighted by Crippen LogP contribution is 2.33. The molecule has 1 aromatic carbocycles. The van der Waals surface area contributed by atoms with Crippen molar-refractivity contribution in [2.24, 2.45) is 5.92 Å². The van der Waals surface area contributed by atoms with E-state index in [4.69, 9.17) is 0 Å². The van der Waals surface area contributed by atoms with Gasteiger partial charge in [-0.15, -0.1) is 11.3 Å². The monoisotopic (exact) mass is 322 g/mol. The van der Waals surface area contributed by atoms with Crippen LogP contribution in [0.4, 0.5) is 0 Å². The molecule has 5 heteroatoms. The third-order valence-corrected chi connectivity index (χ3v) is 6.75. The Kier molecular flexibility index (Phi) is 4.40. The lowest BCUT2D eigenvalue weighted by Gasteiger charge is -2.08. The Morgan fingerprint density at radius 3 is 2.71 bits per heavy atom. The lowest BCUT2D eigenvalue weighted by atomic mass is 10.1. The number of aromatic carboxylic acids is 1. The van der Waals surface area contributed by atoms with Crippen molar-refractivity contribution in [2.75, 3.05) is 5.75 Å². The Balaban J connectivity index is 1.86. The summed E-state index contributed by atoms with van der Waals surface area (Å²) in [5.74, 6) is 0.721. The zero-order chi connectivity index (χ0) is 14.8. The molecule has 1 aliphatic carbocycles. The Bertz CT molecular complexity index is 684. The van der Waals surface area contributed by atoms with E-state index in [0.717, 1.165) is 15.6 Å². The summed E-state index contributed by atoms with van der Waals surface area (Å²) in [5, 5.41) is 10.3. The number of carboxylic acid groups (broad SMARTS) is 1. The molecule has 3 nitrogen and oxygen atoms in total. The highest BCUT2D eigenvalue weighted by atomic mass is 32.2. The van der Waals surface area contributed by atoms with Crippen LogP contribution in [0.25, 0.3) is 10.1 Å². The van der Waals surface area contributed by atoms with Gasteiger partial charge in [-0.2, -0.15) is 0 Å². The van der Waals surface area contributed by atoms with Crippen LogP contribution in [0.5, 0.6) is 0 Å². The number of thiophene rings is 1. The molecule has 2 aromatic rings. The van der Waals surface area contributed by atoms with E-state index < -0.39 is 16.8 Å². The van der Waals surface area contributed by atoms with Crippen LogP contribution in [-0.4, -0.2) is 21.0 Å². The van der Waals surface area contributed by atoms with Gasteiger partial charge in [-0.3, -0.25) is 4.21 Å². The molecule has 1 heterocycles. The van der Waals surface area contributed by atoms with Gasteiger partial charge in [0.2, 0.25) is 0 Å². The van der Waals surface area contributed by atoms with Crippen LogP contribution in [0.15, 0.2) is 24.3 Å². The van der Waals surface area contributed by atoms with E-state index in [1.807, 2.05) is 24.3 Å². The zero-order valence-electron chi connectivity index (χ0n) is 11.7. The summed E-state index contributed by atoms with van der Waals surface area (Å²) < 4.78 is 13.4. The van der Waals surface area contributed by atoms with Crippen molar-refractivity contribution in [1.82, 2.24) is 0 Å². The van der Waals surface area contributed by atoms with Crippen LogP contribution in [-0.2, 0) is 16.6 Å². The number of hydrogen-bond acceptors (Lipinski definition) is 3. The predicted molar refractivity (Wildman–Crippen MR) is 87.5 cm³/mol. The standard InChI is InChI=1S/C16H18O3S2/c17-16(18)15-13(12-7-3-4-8-14(12)20-15)10-21(19)9-11-5-1-2-6-11/h3-4,7-8,11H,1-2,5-6,9-10H2,(H,17,18). The van der Waals surface area contributed by atoms with Crippen molar-refractivity contribution in [1.29, 1.82) is 0 Å². The SMILES string of the molecule is O=C(O)c1sc2ccccc2c1CS(=O)CC1CCCC1. The van der Waals surface area contributed by atoms with Gasteiger partial charge in [0.05, 0.1) is 5.75 Å². The Morgan fingerprint density at radius 2 is 2.00 bits per heavy atom. The Hall–Kier alpha value is -1.20. The van der Waals surface area contributed by atoms with Crippen molar-refractivity contribution in [3.8, 4) is 0 Å². The summed E-state index contributed by atoms with van der Waals surface area (Å²) in [7, 11) is -0.979. The fourth-order valence-corrected chi connectivity index (χ4v) is 5.83. The van der Waals surface area contributed by atoms with Gasteiger partial charge in [-0.25, -0.2) is 4.79 Å². The largest absolute Gasteiger partial charge is 0.477 e. The molecule has 0 saturated heterocycles. The fourth-order valence-electron chi connectivity index (χ4n) is 3.07. The van der Waals surface area contributed by atoms with Crippen LogP contribution in [0.1, 0.15) is 40.9 Å². The number of benzene rings is 1. The van der Waals surface area contributed by atoms with E-state index >= 15 is 0 Å². The molecule has 0 radical (unpaired) electrons. The van der Waals surface area contributed by atoms with Crippen LogP contribution in [0, 0.1) is 5.92 Å². The van der Waals surface area contributed by atoms with Crippen LogP contribution in [0.3, 0.4) is 0 Å². The summed E-state index contributed by atoms with van der Waals surface area (Å²) in [6, 6.07) is 7.67. The third-order valence-electron chi connectivity index (χ3n) is 4.09. The molecule has 1 atom stereocenters. The van der Waals surface area contributed by atoms with Gasteiger partial charge >= 0.3 is 5.97 Å². The molecule has 21 heavy (non-hydrogen) atoms. The van der Waals surface area contributed by atoms with E-state index in [1.54, 1.807) is 0 Å². The minimum atomic E-state index is -0.979. The molecule has 1 fully saturated rings. The molecule has 1 aliphatic rings. The van der Waals surface area contributed by atoms with Gasteiger partial charge in [0, 0.05) is 21.3 Å². The molecule has 1 N–H and O–H groups in total. The molecule has 1 aromatic heterocycles. The van der Waals surface area contributed by atoms with Crippen LogP contribution < -0.4 is 0 Å². The van der Waals surface area contributed by atoms with Gasteiger partial charge in [0.25, 0.3) is 0 Å². The number of fused-ring (bicyclic) bond motifs is 1. The smallest absolute Gasteiger partial charge is 0.346 e. The van der Waals surface area contributed by atoms with Gasteiger partial charge in [0.15, 0.2) is 0 Å².